The van der Waals surface area contributed by atoms with E-state index in [-0.39, 0.29) is 7.92 Å². The third-order valence-corrected chi connectivity index (χ3v) is 7.33. The van der Waals surface area contributed by atoms with Gasteiger partial charge in [0.05, 0.1) is 0 Å². The molecule has 0 aromatic heterocycles. The number of hydrogen-bond acceptors (Lipinski definition) is 0. The summed E-state index contributed by atoms with van der Waals surface area (Å²) in [4.78, 5) is 0. The molecule has 1 aliphatic rings. The summed E-state index contributed by atoms with van der Waals surface area (Å²) in [5.41, 5.74) is 1.99. The standard InChI is InChI=1S/C14H21P/c1-3-12-10-11-13(4-2)15(12)14-8-6-5-7-9-14/h5-9,12-13H,3-4,10-11H2,1-2H3. The summed E-state index contributed by atoms with van der Waals surface area (Å²) in [5.74, 6) is 0. The minimum Gasteiger partial charge on any atom is -0.0690 e. The molecule has 0 radical (unpaired) electrons. The Hall–Kier alpha value is -0.350. The Balaban J connectivity index is 2.23. The lowest BCUT2D eigenvalue weighted by Crippen LogP contribution is -2.13. The van der Waals surface area contributed by atoms with Gasteiger partial charge in [-0.3, -0.25) is 0 Å². The largest absolute Gasteiger partial charge is 0.0690 e. The van der Waals surface area contributed by atoms with Crippen molar-refractivity contribution in [2.24, 2.45) is 0 Å². The number of rotatable bonds is 3. The Morgan fingerprint density at radius 2 is 1.53 bits per heavy atom. The first-order valence-electron chi connectivity index (χ1n) is 6.20. The maximum Gasteiger partial charge on any atom is -0.0169 e. The van der Waals surface area contributed by atoms with Crippen LogP contribution in [0.15, 0.2) is 30.3 Å². The van der Waals surface area contributed by atoms with Gasteiger partial charge in [0.2, 0.25) is 0 Å². The molecule has 0 spiro atoms. The van der Waals surface area contributed by atoms with Crippen LogP contribution in [0.4, 0.5) is 0 Å². The van der Waals surface area contributed by atoms with Gasteiger partial charge in [-0.15, -0.1) is 0 Å². The molecule has 0 N–H and O–H groups in total. The zero-order valence-corrected chi connectivity index (χ0v) is 10.7. The van der Waals surface area contributed by atoms with Gasteiger partial charge in [-0.1, -0.05) is 52.1 Å². The summed E-state index contributed by atoms with van der Waals surface area (Å²) in [6, 6.07) is 11.2. The molecule has 0 aliphatic carbocycles. The van der Waals surface area contributed by atoms with E-state index in [1.54, 1.807) is 5.30 Å². The molecule has 1 aromatic carbocycles. The molecule has 1 aliphatic heterocycles. The quantitative estimate of drug-likeness (QED) is 0.671. The average molecular weight is 220 g/mol. The van der Waals surface area contributed by atoms with Crippen LogP contribution in [0, 0.1) is 0 Å². The van der Waals surface area contributed by atoms with Crippen molar-refractivity contribution < 1.29 is 0 Å². The van der Waals surface area contributed by atoms with Crippen molar-refractivity contribution in [2.75, 3.05) is 0 Å². The summed E-state index contributed by atoms with van der Waals surface area (Å²) >= 11 is 0. The highest BCUT2D eigenvalue weighted by Crippen LogP contribution is 2.56. The topological polar surface area (TPSA) is 0 Å². The van der Waals surface area contributed by atoms with E-state index in [0.717, 1.165) is 11.3 Å². The average Bonchev–Trinajstić information content (AvgIpc) is 2.72. The maximum absolute atomic E-state index is 2.36. The Morgan fingerprint density at radius 1 is 1.00 bits per heavy atom. The molecule has 0 bridgehead atoms. The highest BCUT2D eigenvalue weighted by Gasteiger charge is 2.34. The summed E-state index contributed by atoms with van der Waals surface area (Å²) in [5, 5.41) is 1.64. The predicted octanol–water partition coefficient (Wildman–Crippen LogP) is 4.14. The Bertz CT molecular complexity index is 281. The predicted molar refractivity (Wildman–Crippen MR) is 70.4 cm³/mol. The minimum atomic E-state index is 0.133. The summed E-state index contributed by atoms with van der Waals surface area (Å²) in [6.07, 6.45) is 5.68. The molecule has 1 fully saturated rings. The maximum atomic E-state index is 2.36. The molecule has 0 nitrogen and oxygen atoms in total. The summed E-state index contributed by atoms with van der Waals surface area (Å²) < 4.78 is 0. The third kappa shape index (κ3) is 2.26. The van der Waals surface area contributed by atoms with Gasteiger partial charge in [0.25, 0.3) is 0 Å². The van der Waals surface area contributed by atoms with Crippen LogP contribution in [-0.4, -0.2) is 11.3 Å². The fourth-order valence-corrected chi connectivity index (χ4v) is 6.38. The lowest BCUT2D eigenvalue weighted by atomic mass is 10.1. The van der Waals surface area contributed by atoms with Crippen LogP contribution in [0.25, 0.3) is 0 Å². The van der Waals surface area contributed by atoms with Gasteiger partial charge in [-0.25, -0.2) is 0 Å². The number of hydrogen-bond donors (Lipinski definition) is 0. The Morgan fingerprint density at radius 3 is 2.00 bits per heavy atom. The van der Waals surface area contributed by atoms with Gasteiger partial charge in [-0.05, 0) is 42.3 Å². The van der Waals surface area contributed by atoms with Gasteiger partial charge in [-0.2, -0.15) is 0 Å². The van der Waals surface area contributed by atoms with Crippen LogP contribution in [0.3, 0.4) is 0 Å². The van der Waals surface area contributed by atoms with Crippen LogP contribution in [0.1, 0.15) is 39.5 Å². The fraction of sp³-hybridized carbons (Fsp3) is 0.571. The van der Waals surface area contributed by atoms with E-state index in [9.17, 15) is 0 Å². The highest BCUT2D eigenvalue weighted by molar-refractivity contribution is 7.67. The van der Waals surface area contributed by atoms with Crippen molar-refractivity contribution in [1.82, 2.24) is 0 Å². The zero-order valence-electron chi connectivity index (χ0n) is 9.82. The summed E-state index contributed by atoms with van der Waals surface area (Å²) in [7, 11) is 0.133. The van der Waals surface area contributed by atoms with Gasteiger partial charge in [0.1, 0.15) is 0 Å². The Labute approximate surface area is 94.8 Å². The molecular weight excluding hydrogens is 199 g/mol. The normalized spacial score (nSPS) is 30.7. The van der Waals surface area contributed by atoms with Crippen molar-refractivity contribution >= 4 is 13.2 Å². The van der Waals surface area contributed by atoms with Crippen LogP contribution < -0.4 is 5.30 Å². The van der Waals surface area contributed by atoms with Crippen LogP contribution in [-0.2, 0) is 0 Å². The first-order valence-corrected chi connectivity index (χ1v) is 7.68. The molecule has 2 rings (SSSR count). The van der Waals surface area contributed by atoms with Crippen molar-refractivity contribution in [3.63, 3.8) is 0 Å². The van der Waals surface area contributed by atoms with Gasteiger partial charge in [0.15, 0.2) is 0 Å². The van der Waals surface area contributed by atoms with Crippen LogP contribution in [0.2, 0.25) is 0 Å². The third-order valence-electron chi connectivity index (χ3n) is 3.62. The van der Waals surface area contributed by atoms with Gasteiger partial charge in [0, 0.05) is 0 Å². The molecule has 1 heterocycles. The smallest absolute Gasteiger partial charge is 0.0169 e. The van der Waals surface area contributed by atoms with Crippen LogP contribution >= 0.6 is 7.92 Å². The molecule has 2 atom stereocenters. The minimum absolute atomic E-state index is 0.133. The molecular formula is C14H21P. The van der Waals surface area contributed by atoms with Crippen LogP contribution in [0.5, 0.6) is 0 Å². The van der Waals surface area contributed by atoms with Crippen molar-refractivity contribution in [1.29, 1.82) is 0 Å². The van der Waals surface area contributed by atoms with E-state index in [1.165, 1.54) is 25.7 Å². The summed E-state index contributed by atoms with van der Waals surface area (Å²) in [6.45, 7) is 4.72. The van der Waals surface area contributed by atoms with Crippen molar-refractivity contribution in [3.05, 3.63) is 30.3 Å². The first-order chi connectivity index (χ1) is 7.36. The van der Waals surface area contributed by atoms with Crippen molar-refractivity contribution in [3.8, 4) is 0 Å². The van der Waals surface area contributed by atoms with E-state index >= 15 is 0 Å². The monoisotopic (exact) mass is 220 g/mol. The lowest BCUT2D eigenvalue weighted by molar-refractivity contribution is 0.696. The molecule has 1 heteroatoms. The second-order valence-corrected chi connectivity index (χ2v) is 7.24. The van der Waals surface area contributed by atoms with E-state index in [2.05, 4.69) is 44.2 Å². The Kier molecular flexibility index (Phi) is 3.81. The lowest BCUT2D eigenvalue weighted by Gasteiger charge is -2.24. The molecule has 1 saturated heterocycles. The van der Waals surface area contributed by atoms with Gasteiger partial charge >= 0.3 is 0 Å². The van der Waals surface area contributed by atoms with Crippen molar-refractivity contribution in [2.45, 2.75) is 50.8 Å². The second-order valence-electron chi connectivity index (χ2n) is 4.44. The zero-order chi connectivity index (χ0) is 10.7. The molecule has 0 saturated carbocycles. The van der Waals surface area contributed by atoms with E-state index in [1.807, 2.05) is 0 Å². The SMILES string of the molecule is CCC1CCC(CC)P1c1ccccc1. The van der Waals surface area contributed by atoms with Gasteiger partial charge < -0.3 is 0 Å². The molecule has 82 valence electrons. The fourth-order valence-electron chi connectivity index (χ4n) is 2.78. The molecule has 15 heavy (non-hydrogen) atoms. The van der Waals surface area contributed by atoms with E-state index in [4.69, 9.17) is 0 Å². The first kappa shape index (κ1) is 11.1. The molecule has 0 amide bonds. The highest BCUT2D eigenvalue weighted by atomic mass is 31.1. The van der Waals surface area contributed by atoms with E-state index in [0.29, 0.717) is 0 Å². The second kappa shape index (κ2) is 5.12. The molecule has 2 unspecified atom stereocenters. The van der Waals surface area contributed by atoms with E-state index < -0.39 is 0 Å². The molecule has 1 aromatic rings. The number of benzene rings is 1.